The SMILES string of the molecule is CCn1nc(C)c2c(NC3CCOCC3)ccnc21. The summed E-state index contributed by atoms with van der Waals surface area (Å²) < 4.78 is 7.36. The highest BCUT2D eigenvalue weighted by molar-refractivity contribution is 5.91. The number of rotatable bonds is 3. The average molecular weight is 260 g/mol. The van der Waals surface area contributed by atoms with Gasteiger partial charge in [-0.2, -0.15) is 5.10 Å². The number of hydrogen-bond donors (Lipinski definition) is 1. The highest BCUT2D eigenvalue weighted by Crippen LogP contribution is 2.26. The minimum absolute atomic E-state index is 0.490. The lowest BCUT2D eigenvalue weighted by molar-refractivity contribution is 0.0905. The van der Waals surface area contributed by atoms with E-state index in [0.717, 1.165) is 55.0 Å². The van der Waals surface area contributed by atoms with Crippen molar-refractivity contribution in [3.8, 4) is 0 Å². The van der Waals surface area contributed by atoms with Gasteiger partial charge < -0.3 is 10.1 Å². The maximum Gasteiger partial charge on any atom is 0.160 e. The number of hydrogen-bond acceptors (Lipinski definition) is 4. The molecule has 0 saturated carbocycles. The lowest BCUT2D eigenvalue weighted by atomic mass is 10.1. The third-order valence-electron chi connectivity index (χ3n) is 3.69. The van der Waals surface area contributed by atoms with Crippen LogP contribution in [0.15, 0.2) is 12.3 Å². The van der Waals surface area contributed by atoms with E-state index in [4.69, 9.17) is 4.74 Å². The maximum atomic E-state index is 5.40. The van der Waals surface area contributed by atoms with Gasteiger partial charge in [-0.3, -0.25) is 0 Å². The first kappa shape index (κ1) is 12.4. The fraction of sp³-hybridized carbons (Fsp3) is 0.571. The monoisotopic (exact) mass is 260 g/mol. The molecule has 2 aromatic rings. The van der Waals surface area contributed by atoms with Crippen molar-refractivity contribution < 1.29 is 4.74 Å². The molecular weight excluding hydrogens is 240 g/mol. The van der Waals surface area contributed by atoms with Gasteiger partial charge in [0, 0.05) is 37.7 Å². The van der Waals surface area contributed by atoms with E-state index in [1.807, 2.05) is 23.9 Å². The van der Waals surface area contributed by atoms with Crippen LogP contribution in [0.5, 0.6) is 0 Å². The summed E-state index contributed by atoms with van der Waals surface area (Å²) in [4.78, 5) is 4.46. The highest BCUT2D eigenvalue weighted by atomic mass is 16.5. The number of aryl methyl sites for hydroxylation is 2. The Morgan fingerprint density at radius 3 is 2.95 bits per heavy atom. The Morgan fingerprint density at radius 1 is 1.42 bits per heavy atom. The number of aromatic nitrogens is 3. The second-order valence-corrected chi connectivity index (χ2v) is 4.99. The molecule has 0 bridgehead atoms. The van der Waals surface area contributed by atoms with E-state index in [0.29, 0.717) is 6.04 Å². The Kier molecular flexibility index (Phi) is 3.38. The molecule has 1 fully saturated rings. The normalized spacial score (nSPS) is 16.9. The number of ether oxygens (including phenoxy) is 1. The molecular formula is C14H20N4O. The predicted octanol–water partition coefficient (Wildman–Crippen LogP) is 2.35. The average Bonchev–Trinajstić information content (AvgIpc) is 2.78. The van der Waals surface area contributed by atoms with Crippen LogP contribution in [0.1, 0.15) is 25.5 Å². The standard InChI is InChI=1S/C14H20N4O/c1-3-18-14-13(10(2)17-18)12(4-7-15-14)16-11-5-8-19-9-6-11/h4,7,11H,3,5-6,8-9H2,1-2H3,(H,15,16). The quantitative estimate of drug-likeness (QED) is 0.920. The second-order valence-electron chi connectivity index (χ2n) is 4.99. The van der Waals surface area contributed by atoms with Crippen molar-refractivity contribution in [2.45, 2.75) is 39.3 Å². The molecule has 0 aliphatic carbocycles. The summed E-state index contributed by atoms with van der Waals surface area (Å²) >= 11 is 0. The molecule has 1 saturated heterocycles. The van der Waals surface area contributed by atoms with E-state index >= 15 is 0 Å². The third-order valence-corrected chi connectivity index (χ3v) is 3.69. The van der Waals surface area contributed by atoms with Crippen molar-refractivity contribution in [3.05, 3.63) is 18.0 Å². The molecule has 0 atom stereocenters. The summed E-state index contributed by atoms with van der Waals surface area (Å²) in [6, 6.07) is 2.54. The Labute approximate surface area is 113 Å². The zero-order chi connectivity index (χ0) is 13.2. The van der Waals surface area contributed by atoms with E-state index in [1.165, 1.54) is 0 Å². The lowest BCUT2D eigenvalue weighted by Crippen LogP contribution is -2.27. The van der Waals surface area contributed by atoms with Gasteiger partial charge in [-0.1, -0.05) is 0 Å². The molecule has 102 valence electrons. The van der Waals surface area contributed by atoms with E-state index in [1.54, 1.807) is 0 Å². The van der Waals surface area contributed by atoms with Crippen LogP contribution in [0.25, 0.3) is 11.0 Å². The summed E-state index contributed by atoms with van der Waals surface area (Å²) in [6.07, 6.45) is 3.98. The second kappa shape index (κ2) is 5.17. The molecule has 3 rings (SSSR count). The summed E-state index contributed by atoms with van der Waals surface area (Å²) in [5.41, 5.74) is 3.16. The minimum Gasteiger partial charge on any atom is -0.381 e. The smallest absolute Gasteiger partial charge is 0.160 e. The van der Waals surface area contributed by atoms with Gasteiger partial charge in [0.05, 0.1) is 11.1 Å². The maximum absolute atomic E-state index is 5.40. The first-order valence-corrected chi connectivity index (χ1v) is 6.96. The molecule has 0 unspecified atom stereocenters. The summed E-state index contributed by atoms with van der Waals surface area (Å²) in [6.45, 7) is 6.67. The third kappa shape index (κ3) is 2.30. The molecule has 2 aromatic heterocycles. The number of nitrogens with zero attached hydrogens (tertiary/aromatic N) is 3. The molecule has 0 amide bonds. The highest BCUT2D eigenvalue weighted by Gasteiger charge is 2.17. The van der Waals surface area contributed by atoms with Gasteiger partial charge in [0.2, 0.25) is 0 Å². The first-order valence-electron chi connectivity index (χ1n) is 6.96. The van der Waals surface area contributed by atoms with Crippen molar-refractivity contribution >= 4 is 16.7 Å². The number of pyridine rings is 1. The van der Waals surface area contributed by atoms with Gasteiger partial charge >= 0.3 is 0 Å². The van der Waals surface area contributed by atoms with Gasteiger partial charge in [-0.05, 0) is 32.8 Å². The van der Waals surface area contributed by atoms with Crippen LogP contribution in [0.4, 0.5) is 5.69 Å². The molecule has 0 aromatic carbocycles. The number of nitrogens with one attached hydrogen (secondary N) is 1. The van der Waals surface area contributed by atoms with Gasteiger partial charge in [0.25, 0.3) is 0 Å². The number of anilines is 1. The Morgan fingerprint density at radius 2 is 2.21 bits per heavy atom. The summed E-state index contributed by atoms with van der Waals surface area (Å²) in [5.74, 6) is 0. The van der Waals surface area contributed by atoms with Crippen LogP contribution in [0.2, 0.25) is 0 Å². The van der Waals surface area contributed by atoms with Crippen LogP contribution in [0, 0.1) is 6.92 Å². The Hall–Kier alpha value is -1.62. The van der Waals surface area contributed by atoms with Crippen LogP contribution in [0.3, 0.4) is 0 Å². The van der Waals surface area contributed by atoms with Gasteiger partial charge in [0.15, 0.2) is 5.65 Å². The van der Waals surface area contributed by atoms with Crippen LogP contribution >= 0.6 is 0 Å². The molecule has 1 aliphatic rings. The zero-order valence-corrected chi connectivity index (χ0v) is 11.5. The number of fused-ring (bicyclic) bond motifs is 1. The first-order chi connectivity index (χ1) is 9.29. The van der Waals surface area contributed by atoms with Crippen LogP contribution in [-0.2, 0) is 11.3 Å². The van der Waals surface area contributed by atoms with E-state index in [9.17, 15) is 0 Å². The molecule has 0 spiro atoms. The molecule has 5 nitrogen and oxygen atoms in total. The van der Waals surface area contributed by atoms with Gasteiger partial charge in [0.1, 0.15) is 0 Å². The predicted molar refractivity (Wildman–Crippen MR) is 75.4 cm³/mol. The van der Waals surface area contributed by atoms with Gasteiger partial charge in [-0.15, -0.1) is 0 Å². The van der Waals surface area contributed by atoms with Crippen LogP contribution < -0.4 is 5.32 Å². The van der Waals surface area contributed by atoms with Crippen molar-refractivity contribution in [2.75, 3.05) is 18.5 Å². The van der Waals surface area contributed by atoms with E-state index in [-0.39, 0.29) is 0 Å². The topological polar surface area (TPSA) is 52.0 Å². The minimum atomic E-state index is 0.490. The largest absolute Gasteiger partial charge is 0.381 e. The fourth-order valence-electron chi connectivity index (χ4n) is 2.68. The molecule has 0 radical (unpaired) electrons. The molecule has 1 N–H and O–H groups in total. The summed E-state index contributed by atoms with van der Waals surface area (Å²) in [5, 5.41) is 9.33. The lowest BCUT2D eigenvalue weighted by Gasteiger charge is -2.24. The van der Waals surface area contributed by atoms with Gasteiger partial charge in [-0.25, -0.2) is 9.67 Å². The molecule has 5 heteroatoms. The molecule has 1 aliphatic heterocycles. The van der Waals surface area contributed by atoms with Crippen molar-refractivity contribution in [1.29, 1.82) is 0 Å². The molecule has 19 heavy (non-hydrogen) atoms. The molecule has 3 heterocycles. The van der Waals surface area contributed by atoms with Crippen molar-refractivity contribution in [1.82, 2.24) is 14.8 Å². The van der Waals surface area contributed by atoms with Crippen molar-refractivity contribution in [3.63, 3.8) is 0 Å². The fourth-order valence-corrected chi connectivity index (χ4v) is 2.68. The van der Waals surface area contributed by atoms with E-state index in [2.05, 4.69) is 22.3 Å². The zero-order valence-electron chi connectivity index (χ0n) is 11.5. The summed E-state index contributed by atoms with van der Waals surface area (Å²) in [7, 11) is 0. The van der Waals surface area contributed by atoms with E-state index < -0.39 is 0 Å². The van der Waals surface area contributed by atoms with Crippen molar-refractivity contribution in [2.24, 2.45) is 0 Å². The Bertz CT molecular complexity index is 572. The Balaban J connectivity index is 1.96. The van der Waals surface area contributed by atoms with Crippen LogP contribution in [-0.4, -0.2) is 34.0 Å².